The fourth-order valence-corrected chi connectivity index (χ4v) is 3.44. The minimum Gasteiger partial charge on any atom is -0.508 e. The van der Waals surface area contributed by atoms with Gasteiger partial charge < -0.3 is 5.11 Å². The number of phenolic OH excluding ortho intramolecular Hbond substituents is 1. The lowest BCUT2D eigenvalue weighted by molar-refractivity contribution is -0.122. The second-order valence-electron chi connectivity index (χ2n) is 6.97. The predicted octanol–water partition coefficient (Wildman–Crippen LogP) is 4.02. The number of carbonyl (C=O) groups excluding carboxylic acids is 2. The van der Waals surface area contributed by atoms with Gasteiger partial charge in [-0.05, 0) is 49.1 Å². The Hall–Kier alpha value is -2.62. The van der Waals surface area contributed by atoms with Crippen molar-refractivity contribution in [3.05, 3.63) is 59.7 Å². The number of imide groups is 1. The Bertz CT molecular complexity index is 780. The van der Waals surface area contributed by atoms with Gasteiger partial charge in [0.1, 0.15) is 5.75 Å². The van der Waals surface area contributed by atoms with Crippen LogP contribution in [-0.4, -0.2) is 16.9 Å². The van der Waals surface area contributed by atoms with E-state index in [1.54, 1.807) is 12.1 Å². The van der Waals surface area contributed by atoms with Crippen molar-refractivity contribution < 1.29 is 14.7 Å². The smallest absolute Gasteiger partial charge is 0.237 e. The average molecular weight is 337 g/mol. The molecule has 0 aromatic heterocycles. The molecular formula is C21H23NO3. The number of benzene rings is 2. The zero-order valence-corrected chi connectivity index (χ0v) is 14.8. The first-order chi connectivity index (χ1) is 11.9. The van der Waals surface area contributed by atoms with Gasteiger partial charge in [-0.1, -0.05) is 43.7 Å². The van der Waals surface area contributed by atoms with E-state index in [2.05, 4.69) is 31.2 Å². The number of aromatic hydroxyl groups is 1. The predicted molar refractivity (Wildman–Crippen MR) is 97.5 cm³/mol. The molecule has 2 aromatic rings. The number of aryl methyl sites for hydroxylation is 1. The molecule has 130 valence electrons. The average Bonchev–Trinajstić information content (AvgIpc) is 2.80. The molecule has 4 heteroatoms. The summed E-state index contributed by atoms with van der Waals surface area (Å²) in [6.45, 7) is 5.97. The Balaban J connectivity index is 1.80. The Morgan fingerprint density at radius 2 is 1.60 bits per heavy atom. The van der Waals surface area contributed by atoms with E-state index in [0.717, 1.165) is 0 Å². The van der Waals surface area contributed by atoms with Gasteiger partial charge in [0, 0.05) is 5.92 Å². The molecular weight excluding hydrogens is 314 g/mol. The Morgan fingerprint density at radius 3 is 2.20 bits per heavy atom. The molecule has 0 spiro atoms. The highest BCUT2D eigenvalue weighted by atomic mass is 16.3. The molecule has 0 saturated carbocycles. The molecule has 0 aliphatic carbocycles. The van der Waals surface area contributed by atoms with Gasteiger partial charge in [0.2, 0.25) is 11.8 Å². The number of amides is 2. The van der Waals surface area contributed by atoms with Crippen molar-refractivity contribution in [2.75, 3.05) is 4.90 Å². The zero-order valence-electron chi connectivity index (χ0n) is 14.8. The molecule has 2 aromatic carbocycles. The molecule has 2 amide bonds. The molecule has 1 heterocycles. The molecule has 1 N–H and O–H groups in total. The lowest BCUT2D eigenvalue weighted by Crippen LogP contribution is -2.30. The van der Waals surface area contributed by atoms with Gasteiger partial charge in [-0.2, -0.15) is 0 Å². The van der Waals surface area contributed by atoms with Crippen LogP contribution in [0.4, 0.5) is 5.69 Å². The van der Waals surface area contributed by atoms with Gasteiger partial charge in [0.15, 0.2) is 0 Å². The van der Waals surface area contributed by atoms with Crippen LogP contribution in [0.2, 0.25) is 0 Å². The number of carbonyl (C=O) groups is 2. The number of nitrogens with zero attached hydrogens (tertiary/aromatic N) is 1. The first kappa shape index (κ1) is 17.2. The third kappa shape index (κ3) is 3.29. The van der Waals surface area contributed by atoms with Crippen LogP contribution in [-0.2, 0) is 9.59 Å². The highest BCUT2D eigenvalue weighted by Crippen LogP contribution is 2.37. The summed E-state index contributed by atoms with van der Waals surface area (Å²) in [7, 11) is 0. The summed E-state index contributed by atoms with van der Waals surface area (Å²) in [6.07, 6.45) is 0.642. The van der Waals surface area contributed by atoms with E-state index in [4.69, 9.17) is 0 Å². The summed E-state index contributed by atoms with van der Waals surface area (Å²) in [5.41, 5.74) is 2.90. The van der Waals surface area contributed by atoms with Crippen LogP contribution in [0.1, 0.15) is 37.3 Å². The molecule has 1 aliphatic rings. The van der Waals surface area contributed by atoms with Crippen molar-refractivity contribution in [2.45, 2.75) is 33.1 Å². The zero-order chi connectivity index (χ0) is 18.1. The van der Waals surface area contributed by atoms with E-state index in [9.17, 15) is 14.7 Å². The minimum atomic E-state index is -0.339. The van der Waals surface area contributed by atoms with E-state index in [-0.39, 0.29) is 35.3 Å². The van der Waals surface area contributed by atoms with Crippen molar-refractivity contribution in [3.63, 3.8) is 0 Å². The molecule has 3 rings (SSSR count). The topological polar surface area (TPSA) is 57.6 Å². The second-order valence-corrected chi connectivity index (χ2v) is 6.97. The van der Waals surface area contributed by atoms with Crippen molar-refractivity contribution in [1.82, 2.24) is 0 Å². The molecule has 4 nitrogen and oxygen atoms in total. The number of hydrogen-bond donors (Lipinski definition) is 1. The maximum absolute atomic E-state index is 12.9. The normalized spacial score (nSPS) is 21.6. The summed E-state index contributed by atoms with van der Waals surface area (Å²) in [5, 5.41) is 9.41. The standard InChI is InChI=1S/C21H23NO3/c1-13-4-6-16(7-5-13)14(2)12-19-15(3)20(24)22(21(19)25)17-8-10-18(23)11-9-17/h4-11,14-15,19,23H,12H2,1-3H3. The van der Waals surface area contributed by atoms with E-state index in [0.29, 0.717) is 12.1 Å². The number of anilines is 1. The van der Waals surface area contributed by atoms with Crippen LogP contribution in [0.5, 0.6) is 5.75 Å². The summed E-state index contributed by atoms with van der Waals surface area (Å²) in [5.74, 6) is -0.671. The minimum absolute atomic E-state index is 0.112. The molecule has 1 aliphatic heterocycles. The second kappa shape index (κ2) is 6.71. The van der Waals surface area contributed by atoms with Gasteiger partial charge in [-0.3, -0.25) is 14.5 Å². The van der Waals surface area contributed by atoms with E-state index in [1.807, 2.05) is 13.8 Å². The van der Waals surface area contributed by atoms with Crippen molar-refractivity contribution in [2.24, 2.45) is 11.8 Å². The van der Waals surface area contributed by atoms with Gasteiger partial charge in [-0.25, -0.2) is 0 Å². The van der Waals surface area contributed by atoms with Crippen molar-refractivity contribution >= 4 is 17.5 Å². The fraction of sp³-hybridized carbons (Fsp3) is 0.333. The maximum Gasteiger partial charge on any atom is 0.237 e. The van der Waals surface area contributed by atoms with Gasteiger partial charge in [0.05, 0.1) is 11.6 Å². The van der Waals surface area contributed by atoms with E-state index >= 15 is 0 Å². The number of hydrogen-bond acceptors (Lipinski definition) is 3. The molecule has 1 fully saturated rings. The lowest BCUT2D eigenvalue weighted by atomic mass is 9.84. The molecule has 1 saturated heterocycles. The molecule has 0 bridgehead atoms. The summed E-state index contributed by atoms with van der Waals surface area (Å²) in [4.78, 5) is 26.8. The molecule has 3 atom stereocenters. The Labute approximate surface area is 148 Å². The van der Waals surface area contributed by atoms with E-state index < -0.39 is 0 Å². The molecule has 0 radical (unpaired) electrons. The summed E-state index contributed by atoms with van der Waals surface area (Å²) >= 11 is 0. The van der Waals surface area contributed by atoms with Crippen LogP contribution >= 0.6 is 0 Å². The van der Waals surface area contributed by atoms with Crippen LogP contribution in [0, 0.1) is 18.8 Å². The summed E-state index contributed by atoms with van der Waals surface area (Å²) < 4.78 is 0. The van der Waals surface area contributed by atoms with Crippen LogP contribution < -0.4 is 4.90 Å². The van der Waals surface area contributed by atoms with Gasteiger partial charge in [-0.15, -0.1) is 0 Å². The lowest BCUT2D eigenvalue weighted by Gasteiger charge is -2.18. The molecule has 3 unspecified atom stereocenters. The number of rotatable bonds is 4. The maximum atomic E-state index is 12.9. The van der Waals surface area contributed by atoms with Crippen LogP contribution in [0.15, 0.2) is 48.5 Å². The molecule has 25 heavy (non-hydrogen) atoms. The monoisotopic (exact) mass is 337 g/mol. The van der Waals surface area contributed by atoms with Gasteiger partial charge >= 0.3 is 0 Å². The third-order valence-corrected chi connectivity index (χ3v) is 5.11. The third-order valence-electron chi connectivity index (χ3n) is 5.11. The van der Waals surface area contributed by atoms with E-state index in [1.165, 1.54) is 28.2 Å². The fourth-order valence-electron chi connectivity index (χ4n) is 3.44. The van der Waals surface area contributed by atoms with Crippen LogP contribution in [0.25, 0.3) is 0 Å². The van der Waals surface area contributed by atoms with Crippen molar-refractivity contribution in [3.8, 4) is 5.75 Å². The highest BCUT2D eigenvalue weighted by molar-refractivity contribution is 6.21. The first-order valence-corrected chi connectivity index (χ1v) is 8.62. The number of phenols is 1. The Kier molecular flexibility index (Phi) is 4.62. The Morgan fingerprint density at radius 1 is 1.00 bits per heavy atom. The van der Waals surface area contributed by atoms with Gasteiger partial charge in [0.25, 0.3) is 0 Å². The largest absolute Gasteiger partial charge is 0.508 e. The quantitative estimate of drug-likeness (QED) is 0.857. The highest BCUT2D eigenvalue weighted by Gasteiger charge is 2.46. The van der Waals surface area contributed by atoms with Crippen LogP contribution in [0.3, 0.4) is 0 Å². The summed E-state index contributed by atoms with van der Waals surface area (Å²) in [6, 6.07) is 14.5. The first-order valence-electron chi connectivity index (χ1n) is 8.62. The van der Waals surface area contributed by atoms with Crippen molar-refractivity contribution in [1.29, 1.82) is 0 Å². The SMILES string of the molecule is Cc1ccc(C(C)CC2C(=O)N(c3ccc(O)cc3)C(=O)C2C)cc1.